The molecule has 0 radical (unpaired) electrons. The van der Waals surface area contributed by atoms with Gasteiger partial charge in [0.05, 0.1) is 34.0 Å². The minimum Gasteiger partial charge on any atom is -0.309 e. The van der Waals surface area contributed by atoms with Crippen LogP contribution in [0.3, 0.4) is 0 Å². The lowest BCUT2D eigenvalue weighted by molar-refractivity contribution is 0.721. The molecule has 9 aromatic rings. The zero-order chi connectivity index (χ0) is 34.9. The van der Waals surface area contributed by atoms with Gasteiger partial charge in [-0.15, -0.1) is 0 Å². The van der Waals surface area contributed by atoms with Crippen LogP contribution in [0.15, 0.2) is 163 Å². The monoisotopic (exact) mass is 667 g/mol. The summed E-state index contributed by atoms with van der Waals surface area (Å²) in [4.78, 5) is 10.3. The van der Waals surface area contributed by atoms with Crippen LogP contribution in [0, 0.1) is 5.92 Å². The molecule has 3 nitrogen and oxygen atoms in total. The Kier molecular flexibility index (Phi) is 6.97. The number of allylic oxidation sites excluding steroid dienone is 4. The lowest BCUT2D eigenvalue weighted by atomic mass is 9.81. The van der Waals surface area contributed by atoms with E-state index in [0.29, 0.717) is 5.92 Å². The lowest BCUT2D eigenvalue weighted by Crippen LogP contribution is -2.06. The van der Waals surface area contributed by atoms with E-state index in [9.17, 15) is 0 Å². The van der Waals surface area contributed by atoms with Crippen LogP contribution in [-0.4, -0.2) is 14.5 Å². The fourth-order valence-electron chi connectivity index (χ4n) is 8.84. The Hall–Kier alpha value is -6.32. The number of nitrogens with zero attached hydrogens (tertiary/aromatic N) is 3. The van der Waals surface area contributed by atoms with Gasteiger partial charge in [0.15, 0.2) is 0 Å². The van der Waals surface area contributed by atoms with Crippen molar-refractivity contribution in [3.8, 4) is 28.1 Å². The highest BCUT2D eigenvalue weighted by Gasteiger charge is 2.21. The van der Waals surface area contributed by atoms with Gasteiger partial charge < -0.3 is 4.57 Å². The Balaban J connectivity index is 1.14. The molecule has 0 saturated heterocycles. The van der Waals surface area contributed by atoms with Gasteiger partial charge >= 0.3 is 0 Å². The molecular weight excluding hydrogens is 631 g/mol. The SMILES string of the molecule is CC1=CC(C)=C(c2ccc3c(c2)c2cc(-c4cccc(-c5cnc6c7ccccc7c7ccccc7c6n5)c4)ccc2n3-c2ccccc2)C(C)C1. The first-order valence-corrected chi connectivity index (χ1v) is 18.2. The minimum atomic E-state index is 0.484. The summed E-state index contributed by atoms with van der Waals surface area (Å²) in [5, 5.41) is 7.19. The fourth-order valence-corrected chi connectivity index (χ4v) is 8.84. The highest BCUT2D eigenvalue weighted by molar-refractivity contribution is 6.23. The minimum absolute atomic E-state index is 0.484. The van der Waals surface area contributed by atoms with Gasteiger partial charge in [-0.05, 0) is 107 Å². The molecule has 7 aromatic carbocycles. The Bertz CT molecular complexity index is 2930. The second-order valence-corrected chi connectivity index (χ2v) is 14.5. The van der Waals surface area contributed by atoms with Gasteiger partial charge in [0.1, 0.15) is 0 Å². The van der Waals surface area contributed by atoms with Crippen molar-refractivity contribution in [3.05, 3.63) is 169 Å². The maximum atomic E-state index is 5.28. The van der Waals surface area contributed by atoms with Gasteiger partial charge in [-0.3, -0.25) is 4.98 Å². The van der Waals surface area contributed by atoms with Crippen LogP contribution in [0.1, 0.15) is 32.8 Å². The molecule has 0 aliphatic heterocycles. The van der Waals surface area contributed by atoms with Crippen molar-refractivity contribution < 1.29 is 0 Å². The molecule has 1 aliphatic rings. The van der Waals surface area contributed by atoms with E-state index in [0.717, 1.165) is 45.0 Å². The second kappa shape index (κ2) is 11.9. The van der Waals surface area contributed by atoms with Gasteiger partial charge in [0.2, 0.25) is 0 Å². The van der Waals surface area contributed by atoms with E-state index >= 15 is 0 Å². The summed E-state index contributed by atoms with van der Waals surface area (Å²) in [6.07, 6.45) is 5.40. The van der Waals surface area contributed by atoms with E-state index in [1.807, 2.05) is 6.20 Å². The average molecular weight is 668 g/mol. The Morgan fingerprint density at radius 1 is 0.538 bits per heavy atom. The molecule has 248 valence electrons. The first-order valence-electron chi connectivity index (χ1n) is 18.2. The first kappa shape index (κ1) is 30.5. The van der Waals surface area contributed by atoms with Crippen LogP contribution in [0.5, 0.6) is 0 Å². The predicted molar refractivity (Wildman–Crippen MR) is 220 cm³/mol. The summed E-state index contributed by atoms with van der Waals surface area (Å²) in [5.74, 6) is 0.484. The largest absolute Gasteiger partial charge is 0.309 e. The van der Waals surface area contributed by atoms with E-state index in [1.54, 1.807) is 0 Å². The van der Waals surface area contributed by atoms with Crippen LogP contribution >= 0.6 is 0 Å². The fraction of sp³-hybridized carbons (Fsp3) is 0.102. The molecule has 0 spiro atoms. The third kappa shape index (κ3) is 4.81. The van der Waals surface area contributed by atoms with E-state index in [-0.39, 0.29) is 0 Å². The molecule has 10 rings (SSSR count). The molecular formula is C49H37N3. The number of hydrogen-bond donors (Lipinski definition) is 0. The summed E-state index contributed by atoms with van der Waals surface area (Å²) in [5.41, 5.74) is 15.3. The van der Waals surface area contributed by atoms with Gasteiger partial charge in [0, 0.05) is 32.8 Å². The zero-order valence-electron chi connectivity index (χ0n) is 29.6. The molecule has 1 aliphatic carbocycles. The van der Waals surface area contributed by atoms with Crippen molar-refractivity contribution in [1.29, 1.82) is 0 Å². The van der Waals surface area contributed by atoms with Crippen LogP contribution in [0.25, 0.3) is 88.0 Å². The predicted octanol–water partition coefficient (Wildman–Crippen LogP) is 13.1. The number of rotatable bonds is 4. The van der Waals surface area contributed by atoms with E-state index < -0.39 is 0 Å². The maximum absolute atomic E-state index is 5.28. The molecule has 3 heteroatoms. The second-order valence-electron chi connectivity index (χ2n) is 14.5. The topological polar surface area (TPSA) is 30.7 Å². The average Bonchev–Trinajstić information content (AvgIpc) is 3.51. The van der Waals surface area contributed by atoms with E-state index in [1.165, 1.54) is 66.1 Å². The van der Waals surface area contributed by atoms with Gasteiger partial charge in [-0.25, -0.2) is 4.98 Å². The van der Waals surface area contributed by atoms with Gasteiger partial charge in [0.25, 0.3) is 0 Å². The van der Waals surface area contributed by atoms with E-state index in [2.05, 4.69) is 171 Å². The molecule has 2 aromatic heterocycles. The number of aromatic nitrogens is 3. The summed E-state index contributed by atoms with van der Waals surface area (Å²) >= 11 is 0. The van der Waals surface area contributed by atoms with Crippen molar-refractivity contribution in [1.82, 2.24) is 14.5 Å². The summed E-state index contributed by atoms with van der Waals surface area (Å²) in [6, 6.07) is 50.5. The standard InChI is InChI=1S/C49H37N3/c1-30-24-31(2)47(32(3)25-30)36-21-23-46-43(28-36)42-27-34(20-22-45(42)52(46)37-14-5-4-6-15-37)33-12-11-13-35(26-33)44-29-50-48-40-18-9-7-16-38(40)39-17-8-10-19-41(39)49(48)51-44/h4-24,26-29,32H,25H2,1-3H3. The Morgan fingerprint density at radius 2 is 1.13 bits per heavy atom. The van der Waals surface area contributed by atoms with Crippen molar-refractivity contribution in [3.63, 3.8) is 0 Å². The number of hydrogen-bond acceptors (Lipinski definition) is 2. The van der Waals surface area contributed by atoms with Crippen molar-refractivity contribution in [2.75, 3.05) is 0 Å². The molecule has 0 bridgehead atoms. The molecule has 0 N–H and O–H groups in total. The Labute approximate surface area is 303 Å². The normalized spacial score (nSPS) is 15.0. The van der Waals surface area contributed by atoms with Gasteiger partial charge in [-0.2, -0.15) is 0 Å². The molecule has 1 unspecified atom stereocenters. The summed E-state index contributed by atoms with van der Waals surface area (Å²) in [7, 11) is 0. The van der Waals surface area contributed by atoms with Crippen molar-refractivity contribution in [2.45, 2.75) is 27.2 Å². The molecule has 52 heavy (non-hydrogen) atoms. The molecule has 1 atom stereocenters. The summed E-state index contributed by atoms with van der Waals surface area (Å²) < 4.78 is 2.41. The quantitative estimate of drug-likeness (QED) is 0.175. The third-order valence-electron chi connectivity index (χ3n) is 11.0. The molecule has 0 fully saturated rings. The number of benzene rings is 7. The van der Waals surface area contributed by atoms with Crippen LogP contribution in [0.4, 0.5) is 0 Å². The smallest absolute Gasteiger partial charge is 0.0979 e. The number of para-hydroxylation sites is 1. The summed E-state index contributed by atoms with van der Waals surface area (Å²) in [6.45, 7) is 6.88. The third-order valence-corrected chi connectivity index (χ3v) is 11.0. The van der Waals surface area contributed by atoms with Crippen LogP contribution in [0.2, 0.25) is 0 Å². The lowest BCUT2D eigenvalue weighted by Gasteiger charge is -2.24. The zero-order valence-corrected chi connectivity index (χ0v) is 29.6. The van der Waals surface area contributed by atoms with E-state index in [4.69, 9.17) is 9.97 Å². The highest BCUT2D eigenvalue weighted by Crippen LogP contribution is 2.41. The molecule has 2 heterocycles. The number of fused-ring (bicyclic) bond motifs is 9. The van der Waals surface area contributed by atoms with Crippen molar-refractivity contribution in [2.24, 2.45) is 5.92 Å². The first-order chi connectivity index (χ1) is 25.5. The van der Waals surface area contributed by atoms with Crippen molar-refractivity contribution >= 4 is 60.0 Å². The van der Waals surface area contributed by atoms with Gasteiger partial charge in [-0.1, -0.05) is 116 Å². The van der Waals surface area contributed by atoms with Crippen LogP contribution < -0.4 is 0 Å². The Morgan fingerprint density at radius 3 is 1.85 bits per heavy atom. The highest BCUT2D eigenvalue weighted by atomic mass is 15.0. The molecule has 0 saturated carbocycles. The maximum Gasteiger partial charge on any atom is 0.0979 e. The van der Waals surface area contributed by atoms with Crippen LogP contribution in [-0.2, 0) is 0 Å². The molecule has 0 amide bonds.